The van der Waals surface area contributed by atoms with Crippen molar-refractivity contribution in [2.45, 2.75) is 0 Å². The summed E-state index contributed by atoms with van der Waals surface area (Å²) in [7, 11) is 0. The van der Waals surface area contributed by atoms with Crippen molar-refractivity contribution in [3.05, 3.63) is 47.5 Å². The third-order valence-electron chi connectivity index (χ3n) is 2.41. The number of rotatable bonds is 0. The normalized spacial score (nSPS) is 11.7. The van der Waals surface area contributed by atoms with Gasteiger partial charge in [0.05, 0.1) is 0 Å². The van der Waals surface area contributed by atoms with E-state index >= 15 is 0 Å². The van der Waals surface area contributed by atoms with Gasteiger partial charge in [-0.05, 0) is 21.9 Å². The second-order valence-corrected chi connectivity index (χ2v) is 3.13. The average molecular weight is 194 g/mol. The van der Waals surface area contributed by atoms with E-state index in [2.05, 4.69) is 48.6 Å². The molecular formula is C12H10Ca. The molecule has 13 heavy (non-hydrogen) atoms. The van der Waals surface area contributed by atoms with Gasteiger partial charge in [0.15, 0.2) is 0 Å². The van der Waals surface area contributed by atoms with Gasteiger partial charge in [0.1, 0.15) is 0 Å². The maximum atomic E-state index is 2.18. The van der Waals surface area contributed by atoms with Crippen molar-refractivity contribution in [1.29, 1.82) is 0 Å². The zero-order valence-electron chi connectivity index (χ0n) is 6.62. The van der Waals surface area contributed by atoms with Gasteiger partial charge in [-0.25, -0.2) is 0 Å². The van der Waals surface area contributed by atoms with Crippen LogP contribution in [0.2, 0.25) is 0 Å². The SMILES string of the molecule is C1=Cc2cccc3cccc1c23.[CaH2]. The van der Waals surface area contributed by atoms with Crippen LogP contribution >= 0.6 is 0 Å². The van der Waals surface area contributed by atoms with Crippen molar-refractivity contribution in [1.82, 2.24) is 0 Å². The molecule has 0 unspecified atom stereocenters. The molecule has 1 heteroatoms. The molecule has 0 saturated carbocycles. The fourth-order valence-electron chi connectivity index (χ4n) is 1.86. The summed E-state index contributed by atoms with van der Waals surface area (Å²) in [6.07, 6.45) is 4.36. The quantitative estimate of drug-likeness (QED) is 0.482. The molecule has 0 atom stereocenters. The summed E-state index contributed by atoms with van der Waals surface area (Å²) in [5.74, 6) is 0. The van der Waals surface area contributed by atoms with E-state index in [1.54, 1.807) is 0 Å². The van der Waals surface area contributed by atoms with E-state index in [0.717, 1.165) is 0 Å². The second kappa shape index (κ2) is 3.45. The van der Waals surface area contributed by atoms with E-state index in [4.69, 9.17) is 0 Å². The molecule has 0 N–H and O–H groups in total. The molecule has 0 fully saturated rings. The van der Waals surface area contributed by atoms with E-state index in [1.807, 2.05) is 0 Å². The molecule has 0 bridgehead atoms. The van der Waals surface area contributed by atoms with Gasteiger partial charge in [-0.1, -0.05) is 48.6 Å². The molecule has 0 aliphatic heterocycles. The van der Waals surface area contributed by atoms with E-state index < -0.39 is 0 Å². The van der Waals surface area contributed by atoms with Crippen LogP contribution in [-0.4, -0.2) is 37.7 Å². The number of benzene rings is 2. The molecule has 1 aliphatic rings. The molecule has 0 spiro atoms. The van der Waals surface area contributed by atoms with Gasteiger partial charge < -0.3 is 0 Å². The Balaban J connectivity index is 0.000000653. The van der Waals surface area contributed by atoms with Crippen LogP contribution in [0.15, 0.2) is 36.4 Å². The van der Waals surface area contributed by atoms with Crippen LogP contribution in [0, 0.1) is 0 Å². The zero-order chi connectivity index (χ0) is 7.97. The predicted molar refractivity (Wildman–Crippen MR) is 61.4 cm³/mol. The Kier molecular flexibility index (Phi) is 2.46. The minimum absolute atomic E-state index is 0. The Labute approximate surface area is 107 Å². The van der Waals surface area contributed by atoms with Gasteiger partial charge >= 0.3 is 37.7 Å². The van der Waals surface area contributed by atoms with E-state index in [0.29, 0.717) is 0 Å². The molecule has 0 nitrogen and oxygen atoms in total. The number of hydrogen-bond donors (Lipinski definition) is 0. The van der Waals surface area contributed by atoms with Gasteiger partial charge in [-0.2, -0.15) is 0 Å². The molecule has 1 aliphatic carbocycles. The summed E-state index contributed by atoms with van der Waals surface area (Å²) in [5, 5.41) is 2.75. The molecule has 2 aromatic carbocycles. The van der Waals surface area contributed by atoms with Crippen LogP contribution in [0.25, 0.3) is 22.9 Å². The summed E-state index contributed by atoms with van der Waals surface area (Å²) in [5.41, 5.74) is 2.70. The summed E-state index contributed by atoms with van der Waals surface area (Å²) >= 11 is 0. The van der Waals surface area contributed by atoms with E-state index in [-0.39, 0.29) is 37.7 Å². The van der Waals surface area contributed by atoms with Crippen molar-refractivity contribution in [3.63, 3.8) is 0 Å². The fourth-order valence-corrected chi connectivity index (χ4v) is 1.86. The van der Waals surface area contributed by atoms with E-state index in [9.17, 15) is 0 Å². The van der Waals surface area contributed by atoms with Gasteiger partial charge in [0.25, 0.3) is 0 Å². The van der Waals surface area contributed by atoms with Crippen LogP contribution in [0.3, 0.4) is 0 Å². The molecule has 0 aromatic heterocycles. The van der Waals surface area contributed by atoms with Crippen LogP contribution in [0.1, 0.15) is 11.1 Å². The van der Waals surface area contributed by atoms with Crippen LogP contribution < -0.4 is 0 Å². The molecule has 60 valence electrons. The summed E-state index contributed by atoms with van der Waals surface area (Å²) in [6.45, 7) is 0. The third kappa shape index (κ3) is 1.34. The Morgan fingerprint density at radius 3 is 1.77 bits per heavy atom. The van der Waals surface area contributed by atoms with Crippen molar-refractivity contribution in [2.24, 2.45) is 0 Å². The topological polar surface area (TPSA) is 0 Å². The molecule has 0 amide bonds. The van der Waals surface area contributed by atoms with Crippen LogP contribution in [0.4, 0.5) is 0 Å². The number of hydrogen-bond acceptors (Lipinski definition) is 0. The monoisotopic (exact) mass is 194 g/mol. The molecule has 0 heterocycles. The van der Waals surface area contributed by atoms with Gasteiger partial charge in [-0.3, -0.25) is 0 Å². The first-order chi connectivity index (χ1) is 5.95. The molecule has 3 rings (SSSR count). The first kappa shape index (κ1) is 9.26. The van der Waals surface area contributed by atoms with Crippen molar-refractivity contribution in [3.8, 4) is 0 Å². The van der Waals surface area contributed by atoms with Crippen LogP contribution in [0.5, 0.6) is 0 Å². The van der Waals surface area contributed by atoms with Gasteiger partial charge in [0, 0.05) is 0 Å². The van der Waals surface area contributed by atoms with Crippen molar-refractivity contribution in [2.75, 3.05) is 0 Å². The summed E-state index contributed by atoms with van der Waals surface area (Å²) in [4.78, 5) is 0. The predicted octanol–water partition coefficient (Wildman–Crippen LogP) is 2.41. The molecule has 0 radical (unpaired) electrons. The van der Waals surface area contributed by atoms with E-state index in [1.165, 1.54) is 21.9 Å². The first-order valence-corrected chi connectivity index (χ1v) is 4.15. The maximum absolute atomic E-state index is 2.18. The molecule has 0 saturated heterocycles. The van der Waals surface area contributed by atoms with Crippen molar-refractivity contribution >= 4 is 60.7 Å². The second-order valence-electron chi connectivity index (χ2n) is 3.13. The molecule has 2 aromatic rings. The Morgan fingerprint density at radius 2 is 1.23 bits per heavy atom. The summed E-state index contributed by atoms with van der Waals surface area (Å²) < 4.78 is 0. The fraction of sp³-hybridized carbons (Fsp3) is 0. The average Bonchev–Trinajstić information content (AvgIpc) is 2.52. The summed E-state index contributed by atoms with van der Waals surface area (Å²) in [6, 6.07) is 12.9. The third-order valence-corrected chi connectivity index (χ3v) is 2.41. The Bertz CT molecular complexity index is 443. The molecular weight excluding hydrogens is 184 g/mol. The van der Waals surface area contributed by atoms with Gasteiger partial charge in [-0.15, -0.1) is 0 Å². The minimum atomic E-state index is 0. The Morgan fingerprint density at radius 1 is 0.692 bits per heavy atom. The Hall–Kier alpha value is -0.300. The van der Waals surface area contributed by atoms with Crippen LogP contribution in [-0.2, 0) is 0 Å². The van der Waals surface area contributed by atoms with Gasteiger partial charge in [0.2, 0.25) is 0 Å². The van der Waals surface area contributed by atoms with Crippen molar-refractivity contribution < 1.29 is 0 Å². The standard InChI is InChI=1S/C12H8.Ca.2H/c1-3-9-4-2-6-11-8-7-10(5-1)12(9)11;;;/h1-8H;;;. The first-order valence-electron chi connectivity index (χ1n) is 4.15. The zero-order valence-corrected chi connectivity index (χ0v) is 6.62.